The van der Waals surface area contributed by atoms with E-state index >= 15 is 0 Å². The molecule has 124 valence electrons. The lowest BCUT2D eigenvalue weighted by Crippen LogP contribution is -2.18. The molecule has 3 aromatic rings. The number of anilines is 2. The first kappa shape index (κ1) is 16.4. The first-order valence-corrected chi connectivity index (χ1v) is 7.82. The van der Waals surface area contributed by atoms with Crippen molar-refractivity contribution in [3.63, 3.8) is 0 Å². The number of carbonyl (C=O) groups is 2. The molecule has 2 amide bonds. The Hall–Kier alpha value is -3.47. The molecule has 1 aromatic heterocycles. The minimum Gasteiger partial charge on any atom is -0.321 e. The largest absolute Gasteiger partial charge is 0.321 e. The maximum Gasteiger partial charge on any atom is 0.257 e. The number of carbonyl (C=O) groups excluding carboxylic acids is 2. The van der Waals surface area contributed by atoms with Crippen molar-refractivity contribution in [3.8, 4) is 0 Å². The first-order valence-electron chi connectivity index (χ1n) is 7.82. The van der Waals surface area contributed by atoms with E-state index in [0.717, 1.165) is 5.56 Å². The Bertz CT molecular complexity index is 890. The van der Waals surface area contributed by atoms with Crippen LogP contribution in [0.2, 0.25) is 0 Å². The number of nitrogens with one attached hydrogen (secondary N) is 2. The molecule has 0 aliphatic rings. The number of hydrogen-bond donors (Lipinski definition) is 2. The topological polar surface area (TPSA) is 71.1 Å². The standard InChI is InChI=1S/C20H17N3O2/c1-14-8-10-15(11-9-14)19(24)23-18-7-3-2-6-17(18)20(25)22-16-5-4-12-21-13-16/h2-13H,1H3,(H,22,25)(H,23,24). The van der Waals surface area contributed by atoms with Gasteiger partial charge in [-0.25, -0.2) is 0 Å². The maximum atomic E-state index is 12.5. The highest BCUT2D eigenvalue weighted by Crippen LogP contribution is 2.18. The van der Waals surface area contributed by atoms with Crippen LogP contribution in [0, 0.1) is 6.92 Å². The second-order valence-electron chi connectivity index (χ2n) is 5.56. The van der Waals surface area contributed by atoms with Gasteiger partial charge in [0.05, 0.1) is 23.1 Å². The molecule has 0 aliphatic carbocycles. The van der Waals surface area contributed by atoms with Crippen molar-refractivity contribution in [2.24, 2.45) is 0 Å². The fraction of sp³-hybridized carbons (Fsp3) is 0.0500. The molecule has 25 heavy (non-hydrogen) atoms. The Labute approximate surface area is 145 Å². The van der Waals surface area contributed by atoms with Crippen LogP contribution in [0.15, 0.2) is 73.1 Å². The maximum absolute atomic E-state index is 12.5. The Morgan fingerprint density at radius 3 is 2.32 bits per heavy atom. The molecule has 0 saturated heterocycles. The van der Waals surface area contributed by atoms with Crippen molar-refractivity contribution in [1.82, 2.24) is 4.98 Å². The summed E-state index contributed by atoms with van der Waals surface area (Å²) in [6.07, 6.45) is 3.19. The summed E-state index contributed by atoms with van der Waals surface area (Å²) in [7, 11) is 0. The number of amides is 2. The SMILES string of the molecule is Cc1ccc(C(=O)Nc2ccccc2C(=O)Nc2cccnc2)cc1. The number of nitrogens with zero attached hydrogens (tertiary/aromatic N) is 1. The molecule has 3 rings (SSSR count). The van der Waals surface area contributed by atoms with E-state index in [0.29, 0.717) is 22.5 Å². The summed E-state index contributed by atoms with van der Waals surface area (Å²) in [5, 5.41) is 5.56. The molecule has 0 saturated carbocycles. The number of hydrogen-bond acceptors (Lipinski definition) is 3. The van der Waals surface area contributed by atoms with E-state index < -0.39 is 0 Å². The van der Waals surface area contributed by atoms with Gasteiger partial charge in [0.25, 0.3) is 11.8 Å². The Kier molecular flexibility index (Phi) is 4.85. The first-order chi connectivity index (χ1) is 12.1. The molecule has 0 radical (unpaired) electrons. The Morgan fingerprint density at radius 1 is 0.840 bits per heavy atom. The van der Waals surface area contributed by atoms with Crippen LogP contribution in [0.1, 0.15) is 26.3 Å². The summed E-state index contributed by atoms with van der Waals surface area (Å²) in [5.74, 6) is -0.575. The van der Waals surface area contributed by atoms with Crippen LogP contribution in [0.3, 0.4) is 0 Å². The van der Waals surface area contributed by atoms with E-state index in [9.17, 15) is 9.59 Å². The van der Waals surface area contributed by atoms with Crippen molar-refractivity contribution < 1.29 is 9.59 Å². The lowest BCUT2D eigenvalue weighted by Gasteiger charge is -2.11. The molecule has 5 heteroatoms. The van der Waals surface area contributed by atoms with E-state index in [2.05, 4.69) is 15.6 Å². The zero-order chi connectivity index (χ0) is 17.6. The van der Waals surface area contributed by atoms with Gasteiger partial charge in [0.2, 0.25) is 0 Å². The van der Waals surface area contributed by atoms with Crippen molar-refractivity contribution in [1.29, 1.82) is 0 Å². The number of pyridine rings is 1. The van der Waals surface area contributed by atoms with Gasteiger partial charge in [-0.2, -0.15) is 0 Å². The molecule has 5 nitrogen and oxygen atoms in total. The van der Waals surface area contributed by atoms with Crippen molar-refractivity contribution in [2.45, 2.75) is 6.92 Å². The van der Waals surface area contributed by atoms with Gasteiger partial charge in [-0.3, -0.25) is 14.6 Å². The van der Waals surface area contributed by atoms with E-state index in [1.165, 1.54) is 0 Å². The fourth-order valence-corrected chi connectivity index (χ4v) is 2.32. The van der Waals surface area contributed by atoms with Gasteiger partial charge in [-0.1, -0.05) is 29.8 Å². The average Bonchev–Trinajstić information content (AvgIpc) is 2.63. The Balaban J connectivity index is 1.79. The van der Waals surface area contributed by atoms with Crippen molar-refractivity contribution >= 4 is 23.2 Å². The van der Waals surface area contributed by atoms with Gasteiger partial charge in [-0.15, -0.1) is 0 Å². The number of para-hydroxylation sites is 1. The molecule has 0 spiro atoms. The second kappa shape index (κ2) is 7.40. The third kappa shape index (κ3) is 4.09. The predicted octanol–water partition coefficient (Wildman–Crippen LogP) is 3.89. The second-order valence-corrected chi connectivity index (χ2v) is 5.56. The predicted molar refractivity (Wildman–Crippen MR) is 97.8 cm³/mol. The van der Waals surface area contributed by atoms with Gasteiger partial charge in [0, 0.05) is 11.8 Å². The highest BCUT2D eigenvalue weighted by atomic mass is 16.2. The molecule has 0 unspecified atom stereocenters. The summed E-state index contributed by atoms with van der Waals surface area (Å²) in [6, 6.07) is 17.6. The fourth-order valence-electron chi connectivity index (χ4n) is 2.32. The molecular formula is C20H17N3O2. The minimum absolute atomic E-state index is 0.262. The summed E-state index contributed by atoms with van der Waals surface area (Å²) >= 11 is 0. The molecular weight excluding hydrogens is 314 g/mol. The van der Waals surface area contributed by atoms with Gasteiger partial charge in [0.15, 0.2) is 0 Å². The summed E-state index contributed by atoms with van der Waals surface area (Å²) in [6.45, 7) is 1.96. The smallest absolute Gasteiger partial charge is 0.257 e. The zero-order valence-electron chi connectivity index (χ0n) is 13.7. The van der Waals surface area contributed by atoms with Crippen LogP contribution >= 0.6 is 0 Å². The summed E-state index contributed by atoms with van der Waals surface area (Å²) in [4.78, 5) is 28.9. The van der Waals surface area contributed by atoms with E-state index in [1.807, 2.05) is 19.1 Å². The monoisotopic (exact) mass is 331 g/mol. The summed E-state index contributed by atoms with van der Waals surface area (Å²) in [5.41, 5.74) is 3.04. The van der Waals surface area contributed by atoms with Crippen LogP contribution < -0.4 is 10.6 Å². The highest BCUT2D eigenvalue weighted by Gasteiger charge is 2.14. The van der Waals surface area contributed by atoms with Crippen LogP contribution in [-0.2, 0) is 0 Å². The molecule has 0 fully saturated rings. The quantitative estimate of drug-likeness (QED) is 0.762. The third-order valence-corrected chi connectivity index (χ3v) is 3.65. The molecule has 0 bridgehead atoms. The molecule has 1 heterocycles. The van der Waals surface area contributed by atoms with Crippen LogP contribution in [-0.4, -0.2) is 16.8 Å². The number of aromatic nitrogens is 1. The number of rotatable bonds is 4. The lowest BCUT2D eigenvalue weighted by atomic mass is 10.1. The van der Waals surface area contributed by atoms with Gasteiger partial charge in [0.1, 0.15) is 0 Å². The highest BCUT2D eigenvalue weighted by molar-refractivity contribution is 6.12. The van der Waals surface area contributed by atoms with E-state index in [4.69, 9.17) is 0 Å². The third-order valence-electron chi connectivity index (χ3n) is 3.65. The minimum atomic E-state index is -0.312. The molecule has 0 aliphatic heterocycles. The van der Waals surface area contributed by atoms with Crippen molar-refractivity contribution in [3.05, 3.63) is 89.7 Å². The molecule has 0 atom stereocenters. The normalized spacial score (nSPS) is 10.1. The number of aryl methyl sites for hydroxylation is 1. The molecule has 2 aromatic carbocycles. The van der Waals surface area contributed by atoms with Gasteiger partial charge >= 0.3 is 0 Å². The van der Waals surface area contributed by atoms with Gasteiger partial charge < -0.3 is 10.6 Å². The zero-order valence-corrected chi connectivity index (χ0v) is 13.7. The van der Waals surface area contributed by atoms with E-state index in [1.54, 1.807) is 60.9 Å². The Morgan fingerprint density at radius 2 is 1.60 bits per heavy atom. The molecule has 2 N–H and O–H groups in total. The summed E-state index contributed by atoms with van der Waals surface area (Å²) < 4.78 is 0. The van der Waals surface area contributed by atoms with Crippen LogP contribution in [0.4, 0.5) is 11.4 Å². The van der Waals surface area contributed by atoms with Crippen molar-refractivity contribution in [2.75, 3.05) is 10.6 Å². The van der Waals surface area contributed by atoms with Crippen LogP contribution in [0.25, 0.3) is 0 Å². The van der Waals surface area contributed by atoms with E-state index in [-0.39, 0.29) is 11.8 Å². The van der Waals surface area contributed by atoms with Gasteiger partial charge in [-0.05, 0) is 43.3 Å². The number of benzene rings is 2. The lowest BCUT2D eigenvalue weighted by molar-refractivity contribution is 0.102. The van der Waals surface area contributed by atoms with Crippen LogP contribution in [0.5, 0.6) is 0 Å². The average molecular weight is 331 g/mol.